The summed E-state index contributed by atoms with van der Waals surface area (Å²) in [4.78, 5) is 13.8. The summed E-state index contributed by atoms with van der Waals surface area (Å²) < 4.78 is 18.3. The Morgan fingerprint density at radius 3 is 2.74 bits per heavy atom. The van der Waals surface area contributed by atoms with Crippen LogP contribution >= 0.6 is 0 Å². The molecule has 5 heteroatoms. The van der Waals surface area contributed by atoms with Gasteiger partial charge in [0.05, 0.1) is 13.2 Å². The molecule has 4 nitrogen and oxygen atoms in total. The number of carbonyl (C=O) groups is 1. The highest BCUT2D eigenvalue weighted by Gasteiger charge is 2.08. The van der Waals surface area contributed by atoms with Crippen LogP contribution in [0.1, 0.15) is 15.9 Å². The minimum absolute atomic E-state index is 0.200. The van der Waals surface area contributed by atoms with Crippen molar-refractivity contribution in [3.8, 4) is 0 Å². The topological polar surface area (TPSA) is 41.6 Å². The molecule has 0 spiro atoms. The molecule has 1 aromatic rings. The summed E-state index contributed by atoms with van der Waals surface area (Å²) in [5.74, 6) is -0.533. The van der Waals surface area contributed by atoms with Crippen molar-refractivity contribution in [2.45, 2.75) is 6.92 Å². The van der Waals surface area contributed by atoms with Gasteiger partial charge in [-0.1, -0.05) is 0 Å². The fourth-order valence-corrected chi connectivity index (χ4v) is 1.56. The summed E-state index contributed by atoms with van der Waals surface area (Å²) >= 11 is 0. The Morgan fingerprint density at radius 2 is 2.11 bits per heavy atom. The van der Waals surface area contributed by atoms with Crippen molar-refractivity contribution in [3.63, 3.8) is 0 Å². The van der Waals surface area contributed by atoms with Crippen LogP contribution in [0.4, 0.5) is 4.39 Å². The average Bonchev–Trinajstić information content (AvgIpc) is 2.32. The van der Waals surface area contributed by atoms with Gasteiger partial charge < -0.3 is 15.0 Å². The minimum Gasteiger partial charge on any atom is -0.378 e. The lowest BCUT2D eigenvalue weighted by molar-refractivity contribution is 0.0899. The van der Waals surface area contributed by atoms with Gasteiger partial charge in [-0.05, 0) is 44.8 Å². The molecule has 0 saturated carbocycles. The molecule has 0 aliphatic heterocycles. The number of likely N-dealkylation sites (N-methyl/N-ethyl adjacent to an activating group) is 1. The maximum Gasteiger partial charge on any atom is 0.251 e. The van der Waals surface area contributed by atoms with E-state index in [1.165, 1.54) is 18.2 Å². The SMILES string of the molecule is Cc1cc(F)ccc1C(=O)NCCOCCN(C)C. The number of amides is 1. The number of carbonyl (C=O) groups excluding carboxylic acids is 1. The second kappa shape index (κ2) is 7.86. The number of nitrogens with one attached hydrogen (secondary N) is 1. The van der Waals surface area contributed by atoms with Gasteiger partial charge in [-0.3, -0.25) is 4.79 Å². The van der Waals surface area contributed by atoms with E-state index in [1.807, 2.05) is 19.0 Å². The quantitative estimate of drug-likeness (QED) is 0.761. The normalized spacial score (nSPS) is 10.8. The highest BCUT2D eigenvalue weighted by molar-refractivity contribution is 5.95. The maximum atomic E-state index is 12.9. The molecule has 1 amide bonds. The molecule has 19 heavy (non-hydrogen) atoms. The first-order valence-electron chi connectivity index (χ1n) is 6.27. The second-order valence-electron chi connectivity index (χ2n) is 4.63. The van der Waals surface area contributed by atoms with Gasteiger partial charge in [0.25, 0.3) is 5.91 Å². The Balaban J connectivity index is 2.28. The van der Waals surface area contributed by atoms with E-state index in [9.17, 15) is 9.18 Å². The summed E-state index contributed by atoms with van der Waals surface area (Å²) in [6.45, 7) is 4.12. The lowest BCUT2D eigenvalue weighted by atomic mass is 10.1. The highest BCUT2D eigenvalue weighted by atomic mass is 19.1. The fraction of sp³-hybridized carbons (Fsp3) is 0.500. The third-order valence-corrected chi connectivity index (χ3v) is 2.65. The Bertz CT molecular complexity index is 422. The number of halogens is 1. The molecule has 0 saturated heterocycles. The van der Waals surface area contributed by atoms with Crippen LogP contribution < -0.4 is 5.32 Å². The number of benzene rings is 1. The van der Waals surface area contributed by atoms with Gasteiger partial charge >= 0.3 is 0 Å². The summed E-state index contributed by atoms with van der Waals surface area (Å²) in [5.41, 5.74) is 1.13. The van der Waals surface area contributed by atoms with Gasteiger partial charge in [-0.2, -0.15) is 0 Å². The molecule has 0 aliphatic carbocycles. The second-order valence-corrected chi connectivity index (χ2v) is 4.63. The van der Waals surface area contributed by atoms with Gasteiger partial charge in [-0.15, -0.1) is 0 Å². The molecule has 0 aliphatic rings. The number of ether oxygens (including phenoxy) is 1. The van der Waals surface area contributed by atoms with Gasteiger partial charge in [-0.25, -0.2) is 4.39 Å². The van der Waals surface area contributed by atoms with E-state index in [0.717, 1.165) is 6.54 Å². The number of nitrogens with zero attached hydrogens (tertiary/aromatic N) is 1. The summed E-state index contributed by atoms with van der Waals surface area (Å²) in [6.07, 6.45) is 0. The van der Waals surface area contributed by atoms with Crippen molar-refractivity contribution in [2.24, 2.45) is 0 Å². The van der Waals surface area contributed by atoms with Gasteiger partial charge in [0.1, 0.15) is 5.82 Å². The van der Waals surface area contributed by atoms with Crippen molar-refractivity contribution in [1.29, 1.82) is 0 Å². The zero-order chi connectivity index (χ0) is 14.3. The molecular formula is C14H21FN2O2. The van der Waals surface area contributed by atoms with Crippen molar-refractivity contribution in [3.05, 3.63) is 35.1 Å². The Hall–Kier alpha value is -1.46. The van der Waals surface area contributed by atoms with E-state index in [-0.39, 0.29) is 11.7 Å². The number of aryl methyl sites for hydroxylation is 1. The standard InChI is InChI=1S/C14H21FN2O2/c1-11-10-12(15)4-5-13(11)14(18)16-6-8-19-9-7-17(2)3/h4-5,10H,6-9H2,1-3H3,(H,16,18). The molecule has 0 unspecified atom stereocenters. The lowest BCUT2D eigenvalue weighted by Crippen LogP contribution is -2.28. The monoisotopic (exact) mass is 268 g/mol. The summed E-state index contributed by atoms with van der Waals surface area (Å²) in [6, 6.07) is 4.13. The van der Waals surface area contributed by atoms with Crippen LogP contribution in [0, 0.1) is 12.7 Å². The molecule has 0 aromatic heterocycles. The smallest absolute Gasteiger partial charge is 0.251 e. The molecule has 1 aromatic carbocycles. The Kier molecular flexibility index (Phi) is 6.45. The predicted octanol–water partition coefficient (Wildman–Crippen LogP) is 1.44. The number of hydrogen-bond donors (Lipinski definition) is 1. The molecule has 1 rings (SSSR count). The highest BCUT2D eigenvalue weighted by Crippen LogP contribution is 2.09. The van der Waals surface area contributed by atoms with E-state index in [4.69, 9.17) is 4.74 Å². The number of rotatable bonds is 7. The van der Waals surface area contributed by atoms with Crippen LogP contribution in [0.25, 0.3) is 0 Å². The Morgan fingerprint density at radius 1 is 1.37 bits per heavy atom. The van der Waals surface area contributed by atoms with Crippen LogP contribution in [0.5, 0.6) is 0 Å². The summed E-state index contributed by atoms with van der Waals surface area (Å²) in [5, 5.41) is 2.75. The Labute approximate surface area is 113 Å². The zero-order valence-corrected chi connectivity index (χ0v) is 11.7. The predicted molar refractivity (Wildman–Crippen MR) is 72.8 cm³/mol. The third-order valence-electron chi connectivity index (χ3n) is 2.65. The molecule has 0 bridgehead atoms. The maximum absolute atomic E-state index is 12.9. The van der Waals surface area contributed by atoms with E-state index in [1.54, 1.807) is 6.92 Å². The molecule has 1 N–H and O–H groups in total. The van der Waals surface area contributed by atoms with Gasteiger partial charge in [0.2, 0.25) is 0 Å². The van der Waals surface area contributed by atoms with E-state index in [2.05, 4.69) is 5.32 Å². The third kappa shape index (κ3) is 5.81. The van der Waals surface area contributed by atoms with Crippen molar-refractivity contribution in [1.82, 2.24) is 10.2 Å². The van der Waals surface area contributed by atoms with Crippen molar-refractivity contribution in [2.75, 3.05) is 40.4 Å². The first-order valence-corrected chi connectivity index (χ1v) is 6.27. The van der Waals surface area contributed by atoms with Gasteiger partial charge in [0.15, 0.2) is 0 Å². The van der Waals surface area contributed by atoms with Crippen LogP contribution in [0.2, 0.25) is 0 Å². The van der Waals surface area contributed by atoms with Crippen LogP contribution in [0.15, 0.2) is 18.2 Å². The van der Waals surface area contributed by atoms with E-state index >= 15 is 0 Å². The first-order chi connectivity index (χ1) is 9.00. The molecule has 0 atom stereocenters. The van der Waals surface area contributed by atoms with Crippen LogP contribution in [0.3, 0.4) is 0 Å². The van der Waals surface area contributed by atoms with Crippen molar-refractivity contribution >= 4 is 5.91 Å². The zero-order valence-electron chi connectivity index (χ0n) is 11.7. The van der Waals surface area contributed by atoms with Crippen molar-refractivity contribution < 1.29 is 13.9 Å². The van der Waals surface area contributed by atoms with E-state index < -0.39 is 0 Å². The minimum atomic E-state index is -0.332. The summed E-state index contributed by atoms with van der Waals surface area (Å²) in [7, 11) is 3.95. The molecular weight excluding hydrogens is 247 g/mol. The van der Waals surface area contributed by atoms with E-state index in [0.29, 0.717) is 30.9 Å². The molecule has 0 fully saturated rings. The van der Waals surface area contributed by atoms with Gasteiger partial charge in [0, 0.05) is 18.7 Å². The van der Waals surface area contributed by atoms with Crippen LogP contribution in [-0.2, 0) is 4.74 Å². The molecule has 0 heterocycles. The fourth-order valence-electron chi connectivity index (χ4n) is 1.56. The number of hydrogen-bond acceptors (Lipinski definition) is 3. The average molecular weight is 268 g/mol. The largest absolute Gasteiger partial charge is 0.378 e. The molecule has 0 radical (unpaired) electrons. The molecule has 106 valence electrons. The first kappa shape index (κ1) is 15.6. The lowest BCUT2D eigenvalue weighted by Gasteiger charge is -2.11. The van der Waals surface area contributed by atoms with Crippen LogP contribution in [-0.4, -0.2) is 51.2 Å².